The van der Waals surface area contributed by atoms with Gasteiger partial charge in [0.1, 0.15) is 0 Å². The molecule has 128 valence electrons. The third kappa shape index (κ3) is 12.4. The molecule has 0 unspecified atom stereocenters. The van der Waals surface area contributed by atoms with Crippen molar-refractivity contribution in [2.75, 3.05) is 0 Å². The van der Waals surface area contributed by atoms with Crippen LogP contribution in [0, 0.1) is 33.3 Å². The second-order valence-electron chi connectivity index (χ2n) is 3.59. The van der Waals surface area contributed by atoms with Crippen molar-refractivity contribution in [1.82, 2.24) is 0 Å². The topological polar surface area (TPSA) is 99.5 Å². The van der Waals surface area contributed by atoms with E-state index in [0.717, 1.165) is 0 Å². The Labute approximate surface area is 168 Å². The molecule has 1 aliphatic heterocycles. The van der Waals surface area contributed by atoms with Crippen molar-refractivity contribution >= 4 is 18.5 Å². The average Bonchev–Trinajstić information content (AvgIpc) is 3.58. The molecule has 0 radical (unpaired) electrons. The summed E-state index contributed by atoms with van der Waals surface area (Å²) in [6.45, 7) is 22.5. The predicted molar refractivity (Wildman–Crippen MR) is 87.1 cm³/mol. The molecular formula is C19H11O5PW. The molecule has 0 N–H and O–H groups in total. The smallest absolute Gasteiger partial charge is 0 e. The minimum absolute atomic E-state index is 0. The first-order valence-corrected chi connectivity index (χ1v) is 7.50. The van der Waals surface area contributed by atoms with Crippen molar-refractivity contribution in [2.45, 2.75) is 0 Å². The van der Waals surface area contributed by atoms with E-state index in [1.807, 2.05) is 0 Å². The zero-order valence-electron chi connectivity index (χ0n) is 13.2. The molecule has 26 heavy (non-hydrogen) atoms. The summed E-state index contributed by atoms with van der Waals surface area (Å²) in [5, 5.41) is 2.99. The Hall–Kier alpha value is -2.00. The first-order chi connectivity index (χ1) is 12.4. The van der Waals surface area contributed by atoms with Crippen molar-refractivity contribution in [3.8, 4) is 0 Å². The fourth-order valence-corrected chi connectivity index (χ4v) is 3.58. The van der Waals surface area contributed by atoms with Gasteiger partial charge in [-0.25, -0.2) is 0 Å². The molecule has 0 bridgehead atoms. The Bertz CT molecular complexity index is 669. The summed E-state index contributed by atoms with van der Waals surface area (Å²) in [7, 11) is -0.0936. The molecule has 0 saturated carbocycles. The molecule has 0 amide bonds. The zero-order chi connectivity index (χ0) is 20.1. The molecule has 0 aromatic heterocycles. The van der Waals surface area contributed by atoms with Crippen LogP contribution in [-0.4, -0.2) is 0 Å². The van der Waals surface area contributed by atoms with E-state index < -0.39 is 0 Å². The molecule has 1 atom stereocenters. The van der Waals surface area contributed by atoms with Crippen LogP contribution < -0.4 is 5.30 Å². The number of hydrogen-bond donors (Lipinski definition) is 0. The van der Waals surface area contributed by atoms with E-state index in [1.165, 1.54) is 16.2 Å². The fraction of sp³-hybridized carbons (Fsp3) is 0. The van der Waals surface area contributed by atoms with E-state index in [-0.39, 0.29) is 29.0 Å². The Balaban J connectivity index is -0.000000193. The van der Waals surface area contributed by atoms with Crippen LogP contribution >= 0.6 is 7.92 Å². The molecule has 2 aromatic carbocycles. The van der Waals surface area contributed by atoms with E-state index >= 15 is 0 Å². The summed E-state index contributed by atoms with van der Waals surface area (Å²) in [5.41, 5.74) is 1.38. The van der Waals surface area contributed by atoms with Crippen LogP contribution in [0.3, 0.4) is 0 Å². The maximum atomic E-state index is 7.50. The van der Waals surface area contributed by atoms with Crippen LogP contribution in [0.1, 0.15) is 5.56 Å². The van der Waals surface area contributed by atoms with Gasteiger partial charge >= 0.3 is 56.5 Å². The molecular weight excluding hydrogens is 523 g/mol. The monoisotopic (exact) mass is 534 g/mol. The molecule has 1 heterocycles. The Kier molecular flexibility index (Phi) is 30.8. The van der Waals surface area contributed by atoms with Crippen LogP contribution in [0.5, 0.6) is 0 Å². The van der Waals surface area contributed by atoms with Crippen molar-refractivity contribution in [3.63, 3.8) is 0 Å². The summed E-state index contributed by atoms with van der Waals surface area (Å²) >= 11 is 0. The SMILES string of the molecule is C1=C(c2ccccc2)[P@@]1c1ccccc1.[C-]#[O+].[C-]#[O+].[C-]#[O+].[C-]#[O+].[C-]#[O+].[W]. The van der Waals surface area contributed by atoms with E-state index in [1.54, 1.807) is 0 Å². The van der Waals surface area contributed by atoms with Crippen LogP contribution in [0.15, 0.2) is 66.5 Å². The molecule has 5 nitrogen and oxygen atoms in total. The Morgan fingerprint density at radius 1 is 0.538 bits per heavy atom. The Morgan fingerprint density at radius 2 is 0.885 bits per heavy atom. The van der Waals surface area contributed by atoms with Crippen molar-refractivity contribution < 1.29 is 44.3 Å². The molecule has 1 aliphatic rings. The minimum Gasteiger partial charge on any atom is 0 e. The summed E-state index contributed by atoms with van der Waals surface area (Å²) in [6, 6.07) is 21.4. The summed E-state index contributed by atoms with van der Waals surface area (Å²) < 4.78 is 37.5. The summed E-state index contributed by atoms with van der Waals surface area (Å²) in [6.07, 6.45) is 0. The number of rotatable bonds is 2. The van der Waals surface area contributed by atoms with Gasteiger partial charge in [-0.05, 0) is 29.9 Å². The Morgan fingerprint density at radius 3 is 1.27 bits per heavy atom. The van der Waals surface area contributed by atoms with E-state index in [9.17, 15) is 0 Å². The first-order valence-electron chi connectivity index (χ1n) is 6.09. The summed E-state index contributed by atoms with van der Waals surface area (Å²) in [5.74, 6) is 2.39. The average molecular weight is 534 g/mol. The third-order valence-corrected chi connectivity index (χ3v) is 4.55. The van der Waals surface area contributed by atoms with Gasteiger partial charge in [0, 0.05) is 21.1 Å². The molecule has 2 aromatic rings. The van der Waals surface area contributed by atoms with E-state index in [2.05, 4.69) is 99.7 Å². The van der Waals surface area contributed by atoms with Crippen LogP contribution in [0.4, 0.5) is 0 Å². The van der Waals surface area contributed by atoms with Crippen LogP contribution in [0.25, 0.3) is 5.31 Å². The molecule has 0 spiro atoms. The van der Waals surface area contributed by atoms with Crippen molar-refractivity contribution in [3.05, 3.63) is 105 Å². The summed E-state index contributed by atoms with van der Waals surface area (Å²) in [4.78, 5) is 0. The van der Waals surface area contributed by atoms with Gasteiger partial charge in [-0.15, -0.1) is 0 Å². The van der Waals surface area contributed by atoms with Crippen LogP contribution in [0.2, 0.25) is 0 Å². The second-order valence-corrected chi connectivity index (χ2v) is 5.58. The quantitative estimate of drug-likeness (QED) is 0.320. The van der Waals surface area contributed by atoms with Gasteiger partial charge in [0.05, 0.1) is 0 Å². The number of hydrogen-bond acceptors (Lipinski definition) is 0. The van der Waals surface area contributed by atoms with Gasteiger partial charge in [0.2, 0.25) is 0 Å². The zero-order valence-corrected chi connectivity index (χ0v) is 17.1. The predicted octanol–water partition coefficient (Wildman–Crippen LogP) is 3.62. The maximum Gasteiger partial charge on any atom is 0 e. The molecule has 7 heteroatoms. The first kappa shape index (κ1) is 31.7. The molecule has 0 fully saturated rings. The van der Waals surface area contributed by atoms with E-state index in [4.69, 9.17) is 23.3 Å². The van der Waals surface area contributed by atoms with Gasteiger partial charge < -0.3 is 0 Å². The normalized spacial score (nSPS) is 11.0. The van der Waals surface area contributed by atoms with Gasteiger partial charge in [0.25, 0.3) is 0 Å². The molecule has 0 saturated heterocycles. The minimum atomic E-state index is -0.0936. The van der Waals surface area contributed by atoms with Crippen molar-refractivity contribution in [2.24, 2.45) is 0 Å². The largest absolute Gasteiger partial charge is 0 e. The van der Waals surface area contributed by atoms with Gasteiger partial charge in [0.15, 0.2) is 0 Å². The van der Waals surface area contributed by atoms with Crippen LogP contribution in [-0.2, 0) is 44.3 Å². The van der Waals surface area contributed by atoms with Gasteiger partial charge in [-0.3, -0.25) is 0 Å². The van der Waals surface area contributed by atoms with Gasteiger partial charge in [-0.2, -0.15) is 0 Å². The van der Waals surface area contributed by atoms with E-state index in [0.29, 0.717) is 0 Å². The van der Waals surface area contributed by atoms with Gasteiger partial charge in [-0.1, -0.05) is 60.7 Å². The standard InChI is InChI=1S/C14H11P.5CO.W/c1-3-7-12(8-4-1)14-11-15(14)13-9-5-2-6-10-13;5*1-2;/h1-11H;;;;;;/t15-;;;;;;/m1....../s1. The fourth-order valence-electron chi connectivity index (χ4n) is 1.72. The molecule has 0 aliphatic carbocycles. The maximum absolute atomic E-state index is 7.50. The second kappa shape index (κ2) is 25.2. The van der Waals surface area contributed by atoms with Crippen molar-refractivity contribution in [1.29, 1.82) is 0 Å². The third-order valence-electron chi connectivity index (χ3n) is 2.55. The molecule has 3 rings (SSSR count). The number of benzene rings is 2.